The Hall–Kier alpha value is -2.58. The van der Waals surface area contributed by atoms with E-state index in [-0.39, 0.29) is 12.0 Å². The number of nitrogens with one attached hydrogen (secondary N) is 1. The Balaban J connectivity index is 1.44. The van der Waals surface area contributed by atoms with E-state index in [0.717, 1.165) is 59.3 Å². The summed E-state index contributed by atoms with van der Waals surface area (Å²) in [6.45, 7) is 4.34. The van der Waals surface area contributed by atoms with Gasteiger partial charge in [-0.25, -0.2) is 4.98 Å². The maximum absolute atomic E-state index is 13.1. The van der Waals surface area contributed by atoms with Crippen LogP contribution in [0.4, 0.5) is 0 Å². The van der Waals surface area contributed by atoms with Gasteiger partial charge in [-0.05, 0) is 44.6 Å². The molecule has 1 saturated heterocycles. The molecule has 8 heteroatoms. The number of nitrogens with zero attached hydrogens (tertiary/aromatic N) is 4. The van der Waals surface area contributed by atoms with E-state index in [9.17, 15) is 4.79 Å². The smallest absolute Gasteiger partial charge is 0.253 e. The number of hydrogen-bond acceptors (Lipinski definition) is 6. The summed E-state index contributed by atoms with van der Waals surface area (Å²) in [6, 6.07) is 2.01. The van der Waals surface area contributed by atoms with Crippen molar-refractivity contribution < 1.29 is 9.53 Å². The Labute approximate surface area is 198 Å². The summed E-state index contributed by atoms with van der Waals surface area (Å²) >= 11 is 1.56. The Bertz CT molecular complexity index is 1080. The van der Waals surface area contributed by atoms with Crippen molar-refractivity contribution in [2.24, 2.45) is 5.92 Å². The first kappa shape index (κ1) is 22.2. The predicted octanol–water partition coefficient (Wildman–Crippen LogP) is 4.87. The highest BCUT2D eigenvalue weighted by molar-refractivity contribution is 7.13. The molecule has 4 heterocycles. The average molecular weight is 466 g/mol. The standard InChI is InChI=1S/C25H31N5O2S/c1-17-20(24(31)28-13-19-8-5-11-32-19)12-23(30(17)15-18-6-3-2-4-7-18)22-16-33-25(29-22)21-14-26-9-10-27-21/h9-10,12,14,16,18-19H,2-8,11,13,15H2,1H3,(H,28,31). The van der Waals surface area contributed by atoms with Crippen LogP contribution in [0.3, 0.4) is 0 Å². The Morgan fingerprint density at radius 1 is 1.18 bits per heavy atom. The molecule has 0 aromatic carbocycles. The summed E-state index contributed by atoms with van der Waals surface area (Å²) in [6.07, 6.45) is 13.7. The zero-order valence-corrected chi connectivity index (χ0v) is 19.9. The Kier molecular flexibility index (Phi) is 6.83. The quantitative estimate of drug-likeness (QED) is 0.539. The van der Waals surface area contributed by atoms with Crippen molar-refractivity contribution in [2.45, 2.75) is 64.5 Å². The van der Waals surface area contributed by atoms with Crippen molar-refractivity contribution >= 4 is 17.2 Å². The molecular weight excluding hydrogens is 434 g/mol. The molecule has 0 bridgehead atoms. The van der Waals surface area contributed by atoms with Crippen molar-refractivity contribution in [3.63, 3.8) is 0 Å². The SMILES string of the molecule is Cc1c(C(=O)NCC2CCCO2)cc(-c2csc(-c3cnccn3)n2)n1CC1CCCCC1. The van der Waals surface area contributed by atoms with Crippen molar-refractivity contribution in [1.29, 1.82) is 0 Å². The summed E-state index contributed by atoms with van der Waals surface area (Å²) in [5.41, 5.74) is 4.40. The molecule has 0 spiro atoms. The fourth-order valence-corrected chi connectivity index (χ4v) is 5.75. The molecule has 1 aliphatic heterocycles. The molecule has 33 heavy (non-hydrogen) atoms. The molecule has 3 aromatic rings. The van der Waals surface area contributed by atoms with E-state index >= 15 is 0 Å². The second-order valence-electron chi connectivity index (χ2n) is 9.12. The van der Waals surface area contributed by atoms with Crippen molar-refractivity contribution in [3.05, 3.63) is 41.3 Å². The normalized spacial score (nSPS) is 19.1. The number of aromatic nitrogens is 4. The van der Waals surface area contributed by atoms with Gasteiger partial charge in [0.05, 0.1) is 29.3 Å². The number of carbonyl (C=O) groups excluding carboxylic acids is 1. The van der Waals surface area contributed by atoms with Crippen LogP contribution >= 0.6 is 11.3 Å². The highest BCUT2D eigenvalue weighted by atomic mass is 32.1. The van der Waals surface area contributed by atoms with Gasteiger partial charge < -0.3 is 14.6 Å². The first-order valence-corrected chi connectivity index (χ1v) is 12.9. The van der Waals surface area contributed by atoms with Gasteiger partial charge in [-0.3, -0.25) is 14.8 Å². The van der Waals surface area contributed by atoms with Gasteiger partial charge in [0.25, 0.3) is 5.91 Å². The second-order valence-corrected chi connectivity index (χ2v) is 9.98. The average Bonchev–Trinajstić information content (AvgIpc) is 3.61. The molecule has 7 nitrogen and oxygen atoms in total. The molecule has 174 valence electrons. The molecule has 1 N–H and O–H groups in total. The largest absolute Gasteiger partial charge is 0.376 e. The van der Waals surface area contributed by atoms with Crippen LogP contribution in [0.15, 0.2) is 30.0 Å². The minimum Gasteiger partial charge on any atom is -0.376 e. The minimum atomic E-state index is -0.0315. The van der Waals surface area contributed by atoms with Gasteiger partial charge in [-0.2, -0.15) is 0 Å². The first-order chi connectivity index (χ1) is 16.2. The van der Waals surface area contributed by atoms with Crippen LogP contribution in [-0.4, -0.2) is 44.7 Å². The lowest BCUT2D eigenvalue weighted by Gasteiger charge is -2.24. The molecule has 2 fully saturated rings. The van der Waals surface area contributed by atoms with Crippen LogP contribution in [-0.2, 0) is 11.3 Å². The molecule has 3 aromatic heterocycles. The third-order valence-electron chi connectivity index (χ3n) is 6.84. The molecule has 1 unspecified atom stereocenters. The zero-order chi connectivity index (χ0) is 22.6. The van der Waals surface area contributed by atoms with E-state index < -0.39 is 0 Å². The topological polar surface area (TPSA) is 81.9 Å². The van der Waals surface area contributed by atoms with E-state index in [0.29, 0.717) is 12.5 Å². The Morgan fingerprint density at radius 3 is 2.82 bits per heavy atom. The number of ether oxygens (including phenoxy) is 1. The highest BCUT2D eigenvalue weighted by Crippen LogP contribution is 2.33. The molecule has 5 rings (SSSR count). The molecule has 1 atom stereocenters. The molecule has 2 aliphatic rings. The van der Waals surface area contributed by atoms with Gasteiger partial charge >= 0.3 is 0 Å². The van der Waals surface area contributed by atoms with Crippen molar-refractivity contribution in [3.8, 4) is 22.1 Å². The van der Waals surface area contributed by atoms with Crippen LogP contribution in [0.25, 0.3) is 22.1 Å². The van der Waals surface area contributed by atoms with Crippen molar-refractivity contribution in [1.82, 2.24) is 24.8 Å². The lowest BCUT2D eigenvalue weighted by molar-refractivity contribution is 0.0857. The molecule has 1 aliphatic carbocycles. The summed E-state index contributed by atoms with van der Waals surface area (Å²) in [7, 11) is 0. The van der Waals surface area contributed by atoms with Crippen molar-refractivity contribution in [2.75, 3.05) is 13.2 Å². The summed E-state index contributed by atoms with van der Waals surface area (Å²) in [5, 5.41) is 5.99. The van der Waals surface area contributed by atoms with E-state index in [2.05, 4.69) is 32.2 Å². The number of carbonyl (C=O) groups is 1. The number of thiazole rings is 1. The molecule has 1 saturated carbocycles. The number of rotatable bonds is 7. The summed E-state index contributed by atoms with van der Waals surface area (Å²) < 4.78 is 7.99. The number of hydrogen-bond donors (Lipinski definition) is 1. The van der Waals surface area contributed by atoms with Crippen LogP contribution < -0.4 is 5.32 Å². The highest BCUT2D eigenvalue weighted by Gasteiger charge is 2.24. The summed E-state index contributed by atoms with van der Waals surface area (Å²) in [4.78, 5) is 26.5. The third-order valence-corrected chi connectivity index (χ3v) is 7.70. The predicted molar refractivity (Wildman–Crippen MR) is 129 cm³/mol. The molecule has 0 radical (unpaired) electrons. The second kappa shape index (κ2) is 10.1. The van der Waals surface area contributed by atoms with Gasteiger partial charge in [0, 0.05) is 43.2 Å². The van der Waals surface area contributed by atoms with Gasteiger partial charge in [-0.15, -0.1) is 11.3 Å². The van der Waals surface area contributed by atoms with Gasteiger partial charge in [-0.1, -0.05) is 19.3 Å². The minimum absolute atomic E-state index is 0.0315. The van der Waals surface area contributed by atoms with Crippen LogP contribution in [0.5, 0.6) is 0 Å². The maximum atomic E-state index is 13.1. The van der Waals surface area contributed by atoms with Crippen LogP contribution in [0.1, 0.15) is 61.0 Å². The van der Waals surface area contributed by atoms with E-state index in [1.807, 2.05) is 6.07 Å². The monoisotopic (exact) mass is 465 g/mol. The fourth-order valence-electron chi connectivity index (χ4n) is 4.98. The Morgan fingerprint density at radius 2 is 2.06 bits per heavy atom. The van der Waals surface area contributed by atoms with Crippen LogP contribution in [0.2, 0.25) is 0 Å². The summed E-state index contributed by atoms with van der Waals surface area (Å²) in [5.74, 6) is 0.612. The van der Waals surface area contributed by atoms with Gasteiger partial charge in [0.2, 0.25) is 0 Å². The first-order valence-electron chi connectivity index (χ1n) is 12.0. The lowest BCUT2D eigenvalue weighted by Crippen LogP contribution is -2.32. The molecular formula is C25H31N5O2S. The lowest BCUT2D eigenvalue weighted by atomic mass is 9.89. The zero-order valence-electron chi connectivity index (χ0n) is 19.1. The fraction of sp³-hybridized carbons (Fsp3) is 0.520. The number of amides is 1. The third kappa shape index (κ3) is 5.01. The van der Waals surface area contributed by atoms with E-state index in [1.54, 1.807) is 29.9 Å². The molecule has 1 amide bonds. The van der Waals surface area contributed by atoms with Gasteiger partial charge in [0.15, 0.2) is 0 Å². The van der Waals surface area contributed by atoms with E-state index in [1.165, 1.54) is 32.1 Å². The maximum Gasteiger partial charge on any atom is 0.253 e. The van der Waals surface area contributed by atoms with E-state index in [4.69, 9.17) is 9.72 Å². The van der Waals surface area contributed by atoms with Gasteiger partial charge in [0.1, 0.15) is 10.7 Å². The van der Waals surface area contributed by atoms with Crippen LogP contribution in [0, 0.1) is 12.8 Å².